The molecule has 0 spiro atoms. The highest BCUT2D eigenvalue weighted by Crippen LogP contribution is 2.17. The highest BCUT2D eigenvalue weighted by molar-refractivity contribution is 7.97. The van der Waals surface area contributed by atoms with Gasteiger partial charge in [0.15, 0.2) is 0 Å². The molecule has 0 saturated carbocycles. The Morgan fingerprint density at radius 2 is 1.93 bits per heavy atom. The van der Waals surface area contributed by atoms with Crippen molar-refractivity contribution < 1.29 is 4.79 Å². The van der Waals surface area contributed by atoms with Gasteiger partial charge >= 0.3 is 6.03 Å². The highest BCUT2D eigenvalue weighted by Gasteiger charge is 2.01. The number of hydrogen-bond acceptors (Lipinski definition) is 4. The zero-order valence-electron chi connectivity index (χ0n) is 16.8. The Kier molecular flexibility index (Phi) is 12.3. The quantitative estimate of drug-likeness (QED) is 0.241. The maximum absolute atomic E-state index is 11.9. The maximum atomic E-state index is 11.9. The molecule has 0 radical (unpaired) electrons. The summed E-state index contributed by atoms with van der Waals surface area (Å²) in [6, 6.07) is 7.93. The van der Waals surface area contributed by atoms with Crippen LogP contribution in [0.25, 0.3) is 0 Å². The predicted octanol–water partition coefficient (Wildman–Crippen LogP) is 4.47. The minimum absolute atomic E-state index is 0.159. The predicted molar refractivity (Wildman–Crippen MR) is 116 cm³/mol. The number of amides is 2. The Balaban J connectivity index is 2.18. The first-order valence-electron chi connectivity index (χ1n) is 9.61. The van der Waals surface area contributed by atoms with Gasteiger partial charge in [-0.05, 0) is 69.3 Å². The van der Waals surface area contributed by atoms with Crippen LogP contribution in [0, 0.1) is 0 Å². The molecule has 1 rings (SSSR count). The summed E-state index contributed by atoms with van der Waals surface area (Å²) in [6.45, 7) is 8.45. The van der Waals surface area contributed by atoms with Gasteiger partial charge in [-0.2, -0.15) is 0 Å². The molecule has 1 aromatic rings. The van der Waals surface area contributed by atoms with Crippen LogP contribution in [0.3, 0.4) is 0 Å². The Morgan fingerprint density at radius 3 is 2.67 bits per heavy atom. The minimum Gasteiger partial charge on any atom is -0.338 e. The fourth-order valence-electron chi connectivity index (χ4n) is 2.47. The van der Waals surface area contributed by atoms with E-state index in [1.165, 1.54) is 35.9 Å². The number of rotatable bonds is 12. The van der Waals surface area contributed by atoms with Crippen LogP contribution in [0.1, 0.15) is 52.0 Å². The van der Waals surface area contributed by atoms with Gasteiger partial charge in [0.1, 0.15) is 0 Å². The van der Waals surface area contributed by atoms with Crippen molar-refractivity contribution in [3.8, 4) is 0 Å². The highest BCUT2D eigenvalue weighted by atomic mass is 32.2. The lowest BCUT2D eigenvalue weighted by molar-refractivity contribution is 0.243. The summed E-state index contributed by atoms with van der Waals surface area (Å²) in [7, 11) is 0. The molecule has 0 bridgehead atoms. The summed E-state index contributed by atoms with van der Waals surface area (Å²) in [4.78, 5) is 13.0. The molecule has 0 fully saturated rings. The van der Waals surface area contributed by atoms with Gasteiger partial charge in [-0.3, -0.25) is 5.14 Å². The van der Waals surface area contributed by atoms with E-state index in [2.05, 4.69) is 41.9 Å². The van der Waals surface area contributed by atoms with Crippen LogP contribution in [0.4, 0.5) is 4.79 Å². The second kappa shape index (κ2) is 14.3. The number of carbonyl (C=O) groups excluding carboxylic acids is 1. The third kappa shape index (κ3) is 10.9. The van der Waals surface area contributed by atoms with E-state index in [1.54, 1.807) is 0 Å². The van der Waals surface area contributed by atoms with Gasteiger partial charge in [0.25, 0.3) is 0 Å². The van der Waals surface area contributed by atoms with E-state index >= 15 is 0 Å². The Bertz CT molecular complexity index is 628. The van der Waals surface area contributed by atoms with Crippen molar-refractivity contribution in [3.63, 3.8) is 0 Å². The average molecular weight is 391 g/mol. The van der Waals surface area contributed by atoms with E-state index in [1.807, 2.05) is 31.2 Å². The summed E-state index contributed by atoms with van der Waals surface area (Å²) in [5.74, 6) is 0. The molecule has 0 aliphatic carbocycles. The van der Waals surface area contributed by atoms with E-state index < -0.39 is 0 Å². The fraction of sp³-hybridized carbons (Fsp3) is 0.476. The van der Waals surface area contributed by atoms with Crippen LogP contribution in [0.5, 0.6) is 0 Å². The number of urea groups is 1. The molecule has 5 N–H and O–H groups in total. The molecule has 1 aromatic carbocycles. The summed E-state index contributed by atoms with van der Waals surface area (Å²) in [5, 5.41) is 14.8. The lowest BCUT2D eigenvalue weighted by Gasteiger charge is -2.10. The van der Waals surface area contributed by atoms with Crippen LogP contribution >= 0.6 is 11.9 Å². The van der Waals surface area contributed by atoms with E-state index in [9.17, 15) is 4.79 Å². The first-order valence-corrected chi connectivity index (χ1v) is 10.5. The molecular weight excluding hydrogens is 356 g/mol. The number of hydrogen-bond donors (Lipinski definition) is 4. The van der Waals surface area contributed by atoms with Crippen molar-refractivity contribution in [2.75, 3.05) is 13.1 Å². The van der Waals surface area contributed by atoms with E-state index in [0.29, 0.717) is 6.54 Å². The smallest absolute Gasteiger partial charge is 0.318 e. The molecule has 6 heteroatoms. The van der Waals surface area contributed by atoms with Crippen LogP contribution in [0.2, 0.25) is 0 Å². The number of nitrogens with two attached hydrogens (primary N) is 1. The Labute approximate surface area is 168 Å². The molecular formula is C21H34N4OS. The molecule has 0 aromatic heterocycles. The van der Waals surface area contributed by atoms with Gasteiger partial charge in [-0.1, -0.05) is 43.2 Å². The largest absolute Gasteiger partial charge is 0.338 e. The van der Waals surface area contributed by atoms with E-state index in [4.69, 9.17) is 5.14 Å². The molecule has 27 heavy (non-hydrogen) atoms. The molecule has 5 nitrogen and oxygen atoms in total. The monoisotopic (exact) mass is 390 g/mol. The third-order valence-corrected chi connectivity index (χ3v) is 4.74. The lowest BCUT2D eigenvalue weighted by Crippen LogP contribution is -2.35. The second-order valence-electron chi connectivity index (χ2n) is 6.60. The molecule has 0 unspecified atom stereocenters. The number of nitrogens with one attached hydrogen (secondary N) is 3. The van der Waals surface area contributed by atoms with Crippen LogP contribution in [-0.2, 0) is 6.54 Å². The summed E-state index contributed by atoms with van der Waals surface area (Å²) in [6.07, 6.45) is 8.40. The van der Waals surface area contributed by atoms with Crippen LogP contribution < -0.4 is 21.1 Å². The first-order chi connectivity index (χ1) is 13.1. The average Bonchev–Trinajstić information content (AvgIpc) is 2.67. The van der Waals surface area contributed by atoms with Crippen molar-refractivity contribution >= 4 is 18.0 Å². The molecule has 150 valence electrons. The van der Waals surface area contributed by atoms with Gasteiger partial charge in [0.05, 0.1) is 0 Å². The van der Waals surface area contributed by atoms with Crippen molar-refractivity contribution in [1.82, 2.24) is 16.0 Å². The summed E-state index contributed by atoms with van der Waals surface area (Å²) in [5.41, 5.74) is 3.37. The first kappa shape index (κ1) is 23.3. The summed E-state index contributed by atoms with van der Waals surface area (Å²) < 4.78 is 0. The Morgan fingerprint density at radius 1 is 1.15 bits per heavy atom. The Hall–Kier alpha value is -1.76. The SMILES string of the molecule is CCCC/C(C)=C/C=C(\C)NC(=O)NCCCNCc1ccccc1SN. The number of unbranched alkanes of at least 4 members (excludes halogenated alkanes) is 1. The standard InChI is InChI=1S/C21H34N4OS/c1-4-5-9-17(2)12-13-18(3)25-21(26)24-15-8-14-23-16-19-10-6-7-11-20(19)27-22/h6-7,10-13,23H,4-5,8-9,14-16,22H2,1-3H3,(H2,24,25,26)/b17-12+,18-13+. The molecule has 0 heterocycles. The van der Waals surface area contributed by atoms with Gasteiger partial charge in [0.2, 0.25) is 0 Å². The molecule has 2 amide bonds. The van der Waals surface area contributed by atoms with Gasteiger partial charge in [-0.15, -0.1) is 0 Å². The lowest BCUT2D eigenvalue weighted by atomic mass is 10.1. The zero-order valence-corrected chi connectivity index (χ0v) is 17.6. The van der Waals surface area contributed by atoms with Crippen molar-refractivity contribution in [2.45, 2.75) is 57.9 Å². The van der Waals surface area contributed by atoms with Gasteiger partial charge < -0.3 is 16.0 Å². The van der Waals surface area contributed by atoms with Crippen molar-refractivity contribution in [3.05, 3.63) is 53.3 Å². The molecule has 0 aliphatic heterocycles. The van der Waals surface area contributed by atoms with Gasteiger partial charge in [0, 0.05) is 23.7 Å². The van der Waals surface area contributed by atoms with Crippen molar-refractivity contribution in [2.24, 2.45) is 5.14 Å². The van der Waals surface area contributed by atoms with Crippen molar-refractivity contribution in [1.29, 1.82) is 0 Å². The molecule has 0 atom stereocenters. The van der Waals surface area contributed by atoms with Crippen LogP contribution in [0.15, 0.2) is 52.6 Å². The maximum Gasteiger partial charge on any atom is 0.318 e. The number of benzene rings is 1. The topological polar surface area (TPSA) is 79.2 Å². The summed E-state index contributed by atoms with van der Waals surface area (Å²) >= 11 is 1.27. The number of allylic oxidation sites excluding steroid dienone is 4. The van der Waals surface area contributed by atoms with Gasteiger partial charge in [-0.25, -0.2) is 4.79 Å². The van der Waals surface area contributed by atoms with E-state index in [-0.39, 0.29) is 6.03 Å². The molecule has 0 aliphatic rings. The third-order valence-electron chi connectivity index (χ3n) is 4.08. The second-order valence-corrected chi connectivity index (χ2v) is 7.28. The van der Waals surface area contributed by atoms with Crippen LogP contribution in [-0.4, -0.2) is 19.1 Å². The van der Waals surface area contributed by atoms with E-state index in [0.717, 1.165) is 36.5 Å². The normalized spacial score (nSPS) is 12.1. The molecule has 0 saturated heterocycles. The fourth-order valence-corrected chi connectivity index (χ4v) is 2.92. The number of carbonyl (C=O) groups is 1. The minimum atomic E-state index is -0.159. The zero-order chi connectivity index (χ0) is 19.9.